The van der Waals surface area contributed by atoms with Crippen molar-refractivity contribution in [1.82, 2.24) is 5.32 Å². The van der Waals surface area contributed by atoms with Crippen molar-refractivity contribution in [2.75, 3.05) is 7.11 Å². The Balaban J connectivity index is 2.01. The summed E-state index contributed by atoms with van der Waals surface area (Å²) in [7, 11) is 1.53. The molecule has 20 heavy (non-hydrogen) atoms. The average molecular weight is 277 g/mol. The maximum Gasteiger partial charge on any atom is 0.255 e. The van der Waals surface area contributed by atoms with Crippen LogP contribution in [0, 0.1) is 11.8 Å². The van der Waals surface area contributed by atoms with E-state index in [0.29, 0.717) is 17.2 Å². The fraction of sp³-hybridized carbons (Fsp3) is 0.562. The third-order valence-corrected chi connectivity index (χ3v) is 4.38. The standard InChI is InChI=1S/C16H23NO3/c1-10-4-5-12(8-11(10)2)17-16(19)14-7-6-13(20-3)9-15(14)18/h6-7,9-12,18H,4-5,8H2,1-3H3,(H,17,19). The summed E-state index contributed by atoms with van der Waals surface area (Å²) < 4.78 is 5.01. The van der Waals surface area contributed by atoms with Gasteiger partial charge in [0.15, 0.2) is 0 Å². The summed E-state index contributed by atoms with van der Waals surface area (Å²) >= 11 is 0. The molecule has 0 saturated heterocycles. The van der Waals surface area contributed by atoms with Crippen molar-refractivity contribution in [2.45, 2.75) is 39.2 Å². The van der Waals surface area contributed by atoms with Crippen LogP contribution < -0.4 is 10.1 Å². The highest BCUT2D eigenvalue weighted by Gasteiger charge is 2.26. The Morgan fingerprint density at radius 3 is 2.65 bits per heavy atom. The van der Waals surface area contributed by atoms with Crippen LogP contribution in [-0.2, 0) is 0 Å². The Labute approximate surface area is 120 Å². The van der Waals surface area contributed by atoms with Crippen LogP contribution >= 0.6 is 0 Å². The van der Waals surface area contributed by atoms with Crippen LogP contribution in [0.2, 0.25) is 0 Å². The molecule has 1 aliphatic carbocycles. The molecule has 3 unspecified atom stereocenters. The van der Waals surface area contributed by atoms with Crippen molar-refractivity contribution >= 4 is 5.91 Å². The van der Waals surface area contributed by atoms with Gasteiger partial charge in [-0.3, -0.25) is 4.79 Å². The molecule has 3 atom stereocenters. The van der Waals surface area contributed by atoms with Gasteiger partial charge in [-0.05, 0) is 43.2 Å². The van der Waals surface area contributed by atoms with Gasteiger partial charge in [-0.1, -0.05) is 13.8 Å². The fourth-order valence-corrected chi connectivity index (χ4v) is 2.77. The van der Waals surface area contributed by atoms with Crippen molar-refractivity contribution in [3.05, 3.63) is 23.8 Å². The fourth-order valence-electron chi connectivity index (χ4n) is 2.77. The first-order chi connectivity index (χ1) is 9.51. The molecule has 1 fully saturated rings. The molecule has 0 heterocycles. The Hall–Kier alpha value is -1.71. The molecule has 1 aromatic carbocycles. The van der Waals surface area contributed by atoms with Crippen molar-refractivity contribution in [2.24, 2.45) is 11.8 Å². The first-order valence-electron chi connectivity index (χ1n) is 7.19. The molecule has 0 radical (unpaired) electrons. The number of rotatable bonds is 3. The van der Waals surface area contributed by atoms with Gasteiger partial charge in [0, 0.05) is 12.1 Å². The van der Waals surface area contributed by atoms with Gasteiger partial charge in [0.1, 0.15) is 11.5 Å². The zero-order valence-corrected chi connectivity index (χ0v) is 12.3. The van der Waals surface area contributed by atoms with Gasteiger partial charge in [0.25, 0.3) is 5.91 Å². The average Bonchev–Trinajstić information content (AvgIpc) is 2.42. The number of amides is 1. The summed E-state index contributed by atoms with van der Waals surface area (Å²) in [5, 5.41) is 12.9. The molecule has 4 nitrogen and oxygen atoms in total. The number of carbonyl (C=O) groups excluding carboxylic acids is 1. The van der Waals surface area contributed by atoms with Crippen molar-refractivity contribution in [1.29, 1.82) is 0 Å². The maximum absolute atomic E-state index is 12.2. The quantitative estimate of drug-likeness (QED) is 0.893. The van der Waals surface area contributed by atoms with Crippen LogP contribution in [-0.4, -0.2) is 24.2 Å². The largest absolute Gasteiger partial charge is 0.507 e. The molecular weight excluding hydrogens is 254 g/mol. The van der Waals surface area contributed by atoms with E-state index in [1.165, 1.54) is 13.2 Å². The summed E-state index contributed by atoms with van der Waals surface area (Å²) in [5.74, 6) is 1.63. The molecule has 110 valence electrons. The Morgan fingerprint density at radius 1 is 1.30 bits per heavy atom. The third kappa shape index (κ3) is 3.24. The van der Waals surface area contributed by atoms with Crippen molar-refractivity contribution in [3.8, 4) is 11.5 Å². The molecule has 1 aromatic rings. The molecule has 0 aliphatic heterocycles. The second-order valence-corrected chi connectivity index (χ2v) is 5.82. The lowest BCUT2D eigenvalue weighted by Crippen LogP contribution is -2.39. The van der Waals surface area contributed by atoms with E-state index in [1.54, 1.807) is 12.1 Å². The number of ether oxygens (including phenoxy) is 1. The second kappa shape index (κ2) is 6.16. The number of phenols is 1. The molecule has 0 aromatic heterocycles. The predicted octanol–water partition coefficient (Wildman–Crippen LogP) is 2.96. The SMILES string of the molecule is COc1ccc(C(=O)NC2CCC(C)C(C)C2)c(O)c1. The molecular formula is C16H23NO3. The van der Waals surface area contributed by atoms with Gasteiger partial charge in [0.2, 0.25) is 0 Å². The van der Waals surface area contributed by atoms with E-state index in [-0.39, 0.29) is 17.7 Å². The van der Waals surface area contributed by atoms with E-state index in [0.717, 1.165) is 25.2 Å². The number of phenolic OH excluding ortho intramolecular Hbond substituents is 1. The molecule has 2 rings (SSSR count). The van der Waals surface area contributed by atoms with E-state index >= 15 is 0 Å². The third-order valence-electron chi connectivity index (χ3n) is 4.38. The highest BCUT2D eigenvalue weighted by atomic mass is 16.5. The normalized spacial score (nSPS) is 26.1. The van der Waals surface area contributed by atoms with Crippen LogP contribution in [0.5, 0.6) is 11.5 Å². The summed E-state index contributed by atoms with van der Waals surface area (Å²) in [6.07, 6.45) is 3.15. The first kappa shape index (κ1) is 14.7. The number of methoxy groups -OCH3 is 1. The van der Waals surface area contributed by atoms with Crippen LogP contribution in [0.4, 0.5) is 0 Å². The zero-order chi connectivity index (χ0) is 14.7. The van der Waals surface area contributed by atoms with Gasteiger partial charge >= 0.3 is 0 Å². The van der Waals surface area contributed by atoms with E-state index in [9.17, 15) is 9.90 Å². The molecule has 0 bridgehead atoms. The molecule has 0 spiro atoms. The van der Waals surface area contributed by atoms with E-state index in [4.69, 9.17) is 4.74 Å². The number of aromatic hydroxyl groups is 1. The van der Waals surface area contributed by atoms with Crippen molar-refractivity contribution in [3.63, 3.8) is 0 Å². The van der Waals surface area contributed by atoms with Crippen LogP contribution in [0.25, 0.3) is 0 Å². The van der Waals surface area contributed by atoms with Gasteiger partial charge < -0.3 is 15.2 Å². The minimum Gasteiger partial charge on any atom is -0.507 e. The Kier molecular flexibility index (Phi) is 4.53. The molecule has 2 N–H and O–H groups in total. The molecule has 1 aliphatic rings. The lowest BCUT2D eigenvalue weighted by molar-refractivity contribution is 0.0908. The summed E-state index contributed by atoms with van der Waals surface area (Å²) in [5.41, 5.74) is 0.303. The zero-order valence-electron chi connectivity index (χ0n) is 12.3. The minimum absolute atomic E-state index is 0.0425. The molecule has 1 amide bonds. The van der Waals surface area contributed by atoms with E-state index < -0.39 is 0 Å². The van der Waals surface area contributed by atoms with Crippen LogP contribution in [0.15, 0.2) is 18.2 Å². The second-order valence-electron chi connectivity index (χ2n) is 5.82. The topological polar surface area (TPSA) is 58.6 Å². The van der Waals surface area contributed by atoms with E-state index in [2.05, 4.69) is 19.2 Å². The van der Waals surface area contributed by atoms with Crippen LogP contribution in [0.3, 0.4) is 0 Å². The highest BCUT2D eigenvalue weighted by Crippen LogP contribution is 2.30. The van der Waals surface area contributed by atoms with E-state index in [1.807, 2.05) is 0 Å². The van der Waals surface area contributed by atoms with Crippen molar-refractivity contribution < 1.29 is 14.6 Å². The van der Waals surface area contributed by atoms with Crippen LogP contribution in [0.1, 0.15) is 43.5 Å². The summed E-state index contributed by atoms with van der Waals surface area (Å²) in [6, 6.07) is 4.94. The van der Waals surface area contributed by atoms with Gasteiger partial charge in [-0.2, -0.15) is 0 Å². The minimum atomic E-state index is -0.211. The number of benzene rings is 1. The number of nitrogens with one attached hydrogen (secondary N) is 1. The Morgan fingerprint density at radius 2 is 2.05 bits per heavy atom. The first-order valence-corrected chi connectivity index (χ1v) is 7.19. The van der Waals surface area contributed by atoms with Gasteiger partial charge in [0.05, 0.1) is 12.7 Å². The smallest absolute Gasteiger partial charge is 0.255 e. The van der Waals surface area contributed by atoms with Gasteiger partial charge in [-0.25, -0.2) is 0 Å². The highest BCUT2D eigenvalue weighted by molar-refractivity contribution is 5.97. The number of carbonyl (C=O) groups is 1. The molecule has 4 heteroatoms. The number of hydrogen-bond acceptors (Lipinski definition) is 3. The lowest BCUT2D eigenvalue weighted by Gasteiger charge is -2.32. The maximum atomic E-state index is 12.2. The van der Waals surface area contributed by atoms with Gasteiger partial charge in [-0.15, -0.1) is 0 Å². The number of hydrogen-bond donors (Lipinski definition) is 2. The lowest BCUT2D eigenvalue weighted by atomic mass is 9.79. The molecule has 1 saturated carbocycles. The Bertz CT molecular complexity index is 487. The monoisotopic (exact) mass is 277 g/mol. The summed E-state index contributed by atoms with van der Waals surface area (Å²) in [6.45, 7) is 4.49. The summed E-state index contributed by atoms with van der Waals surface area (Å²) in [4.78, 5) is 12.2. The predicted molar refractivity (Wildman–Crippen MR) is 78.1 cm³/mol.